The van der Waals surface area contributed by atoms with Crippen LogP contribution in [0.5, 0.6) is 0 Å². The molecular weight excluding hydrogens is 224 g/mol. The van der Waals surface area contributed by atoms with Crippen molar-refractivity contribution in [2.45, 2.75) is 19.4 Å². The van der Waals surface area contributed by atoms with Gasteiger partial charge in [-0.05, 0) is 29.7 Å². The summed E-state index contributed by atoms with van der Waals surface area (Å²) in [6.07, 6.45) is 0.598. The highest BCUT2D eigenvalue weighted by Crippen LogP contribution is 2.31. The Labute approximate surface area is 106 Å². The zero-order valence-corrected chi connectivity index (χ0v) is 10.2. The molecular formula is C16H14O2. The summed E-state index contributed by atoms with van der Waals surface area (Å²) >= 11 is 0. The highest BCUT2D eigenvalue weighted by molar-refractivity contribution is 5.92. The number of cyclic esters (lactones) is 1. The molecule has 0 spiro atoms. The summed E-state index contributed by atoms with van der Waals surface area (Å²) in [7, 11) is 0. The normalized spacial score (nSPS) is 18.1. The largest absolute Gasteiger partial charge is 0.454 e. The first-order valence-electron chi connectivity index (χ1n) is 6.10. The minimum absolute atomic E-state index is 0.159. The molecule has 0 saturated carbocycles. The van der Waals surface area contributed by atoms with Gasteiger partial charge in [-0.15, -0.1) is 0 Å². The Hall–Kier alpha value is -2.09. The topological polar surface area (TPSA) is 26.3 Å². The quantitative estimate of drug-likeness (QED) is 0.711. The minimum atomic E-state index is -0.217. The van der Waals surface area contributed by atoms with E-state index < -0.39 is 0 Å². The van der Waals surface area contributed by atoms with Crippen LogP contribution >= 0.6 is 0 Å². The number of hydrogen-bond donors (Lipinski definition) is 0. The van der Waals surface area contributed by atoms with E-state index in [0.29, 0.717) is 5.56 Å². The van der Waals surface area contributed by atoms with Crippen molar-refractivity contribution in [2.75, 3.05) is 0 Å². The Morgan fingerprint density at radius 2 is 1.78 bits per heavy atom. The van der Waals surface area contributed by atoms with Crippen molar-refractivity contribution in [3.05, 3.63) is 70.8 Å². The number of benzene rings is 2. The van der Waals surface area contributed by atoms with Gasteiger partial charge in [0.15, 0.2) is 0 Å². The first-order chi connectivity index (χ1) is 8.75. The van der Waals surface area contributed by atoms with Crippen LogP contribution in [0.1, 0.15) is 33.2 Å². The van der Waals surface area contributed by atoms with E-state index in [4.69, 9.17) is 4.74 Å². The molecule has 3 rings (SSSR count). The number of carbonyl (C=O) groups is 1. The third-order valence-electron chi connectivity index (χ3n) is 3.43. The molecule has 2 aromatic carbocycles. The van der Waals surface area contributed by atoms with E-state index in [2.05, 4.69) is 0 Å². The monoisotopic (exact) mass is 238 g/mol. The fourth-order valence-electron chi connectivity index (χ4n) is 2.45. The van der Waals surface area contributed by atoms with Crippen molar-refractivity contribution in [3.63, 3.8) is 0 Å². The lowest BCUT2D eigenvalue weighted by atomic mass is 9.93. The molecule has 0 aliphatic carbocycles. The Balaban J connectivity index is 2.00. The van der Waals surface area contributed by atoms with Crippen LogP contribution in [0.2, 0.25) is 0 Å². The second kappa shape index (κ2) is 4.30. The fraction of sp³-hybridized carbons (Fsp3) is 0.188. The molecule has 2 aromatic rings. The van der Waals surface area contributed by atoms with E-state index in [0.717, 1.165) is 23.1 Å². The molecule has 0 radical (unpaired) electrons. The summed E-state index contributed by atoms with van der Waals surface area (Å²) in [5, 5.41) is 0. The zero-order valence-electron chi connectivity index (χ0n) is 10.2. The van der Waals surface area contributed by atoms with Gasteiger partial charge in [-0.25, -0.2) is 4.79 Å². The second-order valence-electron chi connectivity index (χ2n) is 4.61. The number of fused-ring (bicyclic) bond motifs is 1. The van der Waals surface area contributed by atoms with E-state index in [-0.39, 0.29) is 12.1 Å². The van der Waals surface area contributed by atoms with Gasteiger partial charge in [-0.3, -0.25) is 0 Å². The van der Waals surface area contributed by atoms with Crippen LogP contribution in [0.15, 0.2) is 48.5 Å². The van der Waals surface area contributed by atoms with E-state index in [9.17, 15) is 4.79 Å². The van der Waals surface area contributed by atoms with Gasteiger partial charge in [-0.2, -0.15) is 0 Å². The summed E-state index contributed by atoms with van der Waals surface area (Å²) < 4.78 is 5.54. The molecule has 1 aliphatic rings. The standard InChI is InChI=1S/C16H14O2/c1-11-6-2-4-8-13(11)15-10-12-7-3-5-9-14(12)16(17)18-15/h2-9,15H,10H2,1H3. The molecule has 0 fully saturated rings. The van der Waals surface area contributed by atoms with Crippen molar-refractivity contribution in [2.24, 2.45) is 0 Å². The summed E-state index contributed by atoms with van der Waals surface area (Å²) in [4.78, 5) is 12.0. The molecule has 0 aromatic heterocycles. The van der Waals surface area contributed by atoms with Crippen molar-refractivity contribution in [1.82, 2.24) is 0 Å². The van der Waals surface area contributed by atoms with Crippen LogP contribution in [0.25, 0.3) is 0 Å². The predicted octanol–water partition coefficient (Wildman–Crippen LogP) is 3.45. The highest BCUT2D eigenvalue weighted by atomic mass is 16.5. The lowest BCUT2D eigenvalue weighted by Crippen LogP contribution is -2.22. The smallest absolute Gasteiger partial charge is 0.339 e. The molecule has 1 unspecified atom stereocenters. The summed E-state index contributed by atoms with van der Waals surface area (Å²) in [6, 6.07) is 15.7. The van der Waals surface area contributed by atoms with E-state index in [1.807, 2.05) is 55.5 Å². The Morgan fingerprint density at radius 3 is 2.61 bits per heavy atom. The average Bonchev–Trinajstić information content (AvgIpc) is 2.39. The molecule has 0 N–H and O–H groups in total. The van der Waals surface area contributed by atoms with Crippen LogP contribution in [-0.2, 0) is 11.2 Å². The Bertz CT molecular complexity index is 602. The molecule has 90 valence electrons. The van der Waals surface area contributed by atoms with Crippen molar-refractivity contribution in [3.8, 4) is 0 Å². The first-order valence-corrected chi connectivity index (χ1v) is 6.10. The fourth-order valence-corrected chi connectivity index (χ4v) is 2.45. The molecule has 0 amide bonds. The number of esters is 1. The minimum Gasteiger partial charge on any atom is -0.454 e. The molecule has 18 heavy (non-hydrogen) atoms. The van der Waals surface area contributed by atoms with Crippen LogP contribution < -0.4 is 0 Å². The molecule has 2 heteroatoms. The maximum absolute atomic E-state index is 12.0. The molecule has 1 atom stereocenters. The lowest BCUT2D eigenvalue weighted by Gasteiger charge is -2.25. The van der Waals surface area contributed by atoms with Crippen molar-refractivity contribution in [1.29, 1.82) is 0 Å². The Morgan fingerprint density at radius 1 is 1.06 bits per heavy atom. The molecule has 2 nitrogen and oxygen atoms in total. The van der Waals surface area contributed by atoms with E-state index >= 15 is 0 Å². The number of hydrogen-bond acceptors (Lipinski definition) is 2. The van der Waals surface area contributed by atoms with Crippen molar-refractivity contribution >= 4 is 5.97 Å². The SMILES string of the molecule is Cc1ccccc1C1Cc2ccccc2C(=O)O1. The maximum atomic E-state index is 12.0. The van der Waals surface area contributed by atoms with Gasteiger partial charge in [0.1, 0.15) is 6.10 Å². The van der Waals surface area contributed by atoms with E-state index in [1.54, 1.807) is 0 Å². The van der Waals surface area contributed by atoms with Crippen LogP contribution in [0, 0.1) is 6.92 Å². The summed E-state index contributed by atoms with van der Waals surface area (Å²) in [5.74, 6) is -0.217. The van der Waals surface area contributed by atoms with Gasteiger partial charge >= 0.3 is 5.97 Å². The molecule has 0 saturated heterocycles. The highest BCUT2D eigenvalue weighted by Gasteiger charge is 2.27. The zero-order chi connectivity index (χ0) is 12.5. The third kappa shape index (κ3) is 1.80. The Kier molecular flexibility index (Phi) is 2.63. The van der Waals surface area contributed by atoms with Gasteiger partial charge in [0.2, 0.25) is 0 Å². The van der Waals surface area contributed by atoms with Gasteiger partial charge < -0.3 is 4.74 Å². The van der Waals surface area contributed by atoms with Crippen LogP contribution in [0.3, 0.4) is 0 Å². The number of carbonyl (C=O) groups excluding carboxylic acids is 1. The van der Waals surface area contributed by atoms with Crippen LogP contribution in [-0.4, -0.2) is 5.97 Å². The predicted molar refractivity (Wildman–Crippen MR) is 69.5 cm³/mol. The number of rotatable bonds is 1. The number of ether oxygens (including phenoxy) is 1. The van der Waals surface area contributed by atoms with Crippen LogP contribution in [0.4, 0.5) is 0 Å². The first kappa shape index (κ1) is 11.0. The van der Waals surface area contributed by atoms with Gasteiger partial charge in [0.05, 0.1) is 5.56 Å². The van der Waals surface area contributed by atoms with Gasteiger partial charge in [-0.1, -0.05) is 42.5 Å². The molecule has 1 heterocycles. The average molecular weight is 238 g/mol. The summed E-state index contributed by atoms with van der Waals surface area (Å²) in [5.41, 5.74) is 4.03. The second-order valence-corrected chi connectivity index (χ2v) is 4.61. The van der Waals surface area contributed by atoms with Gasteiger partial charge in [0, 0.05) is 6.42 Å². The summed E-state index contributed by atoms with van der Waals surface area (Å²) in [6.45, 7) is 2.05. The maximum Gasteiger partial charge on any atom is 0.339 e. The molecule has 0 bridgehead atoms. The van der Waals surface area contributed by atoms with Gasteiger partial charge in [0.25, 0.3) is 0 Å². The third-order valence-corrected chi connectivity index (χ3v) is 3.43. The number of aryl methyl sites for hydroxylation is 1. The molecule has 1 aliphatic heterocycles. The van der Waals surface area contributed by atoms with Crippen molar-refractivity contribution < 1.29 is 9.53 Å². The van der Waals surface area contributed by atoms with E-state index in [1.165, 1.54) is 0 Å². The lowest BCUT2D eigenvalue weighted by molar-refractivity contribution is 0.0251.